The quantitative estimate of drug-likeness (QED) is 0.717. The summed E-state index contributed by atoms with van der Waals surface area (Å²) < 4.78 is 1.83. The predicted molar refractivity (Wildman–Crippen MR) is 78.8 cm³/mol. The number of aromatic amines is 2. The third-order valence-electron chi connectivity index (χ3n) is 4.45. The zero-order valence-electron chi connectivity index (χ0n) is 11.5. The number of rotatable bonds is 1. The standard InChI is InChI=1S/C15H15N5O/c16-7-9-2-1-3-10(6-9)20-13-11-4-5-17-14(11)18-8-12(13)19-15(20)21/h4-5,8-10H,1-3,6H2,(H,17,18)(H,19,21)/t9-,10-/m0/s1. The first kappa shape index (κ1) is 12.2. The molecule has 0 spiro atoms. The van der Waals surface area contributed by atoms with Crippen LogP contribution in [0.5, 0.6) is 0 Å². The zero-order valence-corrected chi connectivity index (χ0v) is 11.5. The number of H-pyrrole nitrogens is 2. The van der Waals surface area contributed by atoms with E-state index in [1.165, 1.54) is 0 Å². The summed E-state index contributed by atoms with van der Waals surface area (Å²) in [6.07, 6.45) is 7.14. The van der Waals surface area contributed by atoms with Crippen LogP contribution in [0.1, 0.15) is 31.7 Å². The summed E-state index contributed by atoms with van der Waals surface area (Å²) >= 11 is 0. The van der Waals surface area contributed by atoms with Crippen LogP contribution in [0, 0.1) is 17.2 Å². The molecule has 3 aromatic heterocycles. The largest absolute Gasteiger partial charge is 0.346 e. The molecule has 0 unspecified atom stereocenters. The Hall–Kier alpha value is -2.55. The van der Waals surface area contributed by atoms with Gasteiger partial charge >= 0.3 is 5.69 Å². The lowest BCUT2D eigenvalue weighted by molar-refractivity contribution is 0.308. The first-order valence-corrected chi connectivity index (χ1v) is 7.24. The maximum atomic E-state index is 12.4. The number of hydrogen-bond donors (Lipinski definition) is 2. The van der Waals surface area contributed by atoms with Gasteiger partial charge in [-0.25, -0.2) is 9.78 Å². The molecule has 3 aromatic rings. The van der Waals surface area contributed by atoms with E-state index in [1.54, 1.807) is 6.20 Å². The Labute approximate surface area is 120 Å². The van der Waals surface area contributed by atoms with E-state index < -0.39 is 0 Å². The minimum atomic E-state index is -0.107. The van der Waals surface area contributed by atoms with Crippen LogP contribution in [0.25, 0.3) is 22.1 Å². The molecule has 3 heterocycles. The second-order valence-electron chi connectivity index (χ2n) is 5.71. The molecular formula is C15H15N5O. The third-order valence-corrected chi connectivity index (χ3v) is 4.45. The van der Waals surface area contributed by atoms with Crippen molar-refractivity contribution < 1.29 is 0 Å². The molecule has 2 N–H and O–H groups in total. The van der Waals surface area contributed by atoms with E-state index in [9.17, 15) is 4.79 Å². The highest BCUT2D eigenvalue weighted by Crippen LogP contribution is 2.34. The van der Waals surface area contributed by atoms with Gasteiger partial charge in [0.1, 0.15) is 5.65 Å². The van der Waals surface area contributed by atoms with Gasteiger partial charge in [-0.2, -0.15) is 5.26 Å². The van der Waals surface area contributed by atoms with Gasteiger partial charge in [-0.05, 0) is 25.3 Å². The lowest BCUT2D eigenvalue weighted by Gasteiger charge is -2.26. The van der Waals surface area contributed by atoms with Gasteiger partial charge in [-0.1, -0.05) is 6.42 Å². The fourth-order valence-corrected chi connectivity index (χ4v) is 3.49. The number of pyridine rings is 1. The van der Waals surface area contributed by atoms with Gasteiger partial charge in [0.15, 0.2) is 0 Å². The second kappa shape index (κ2) is 4.48. The molecule has 1 aliphatic rings. The first-order chi connectivity index (χ1) is 10.3. The van der Waals surface area contributed by atoms with Crippen molar-refractivity contribution in [2.45, 2.75) is 31.7 Å². The molecule has 106 valence electrons. The number of nitrogens with zero attached hydrogens (tertiary/aromatic N) is 3. The van der Waals surface area contributed by atoms with E-state index in [-0.39, 0.29) is 17.6 Å². The monoisotopic (exact) mass is 281 g/mol. The van der Waals surface area contributed by atoms with Crippen LogP contribution in [0.4, 0.5) is 0 Å². The van der Waals surface area contributed by atoms with Gasteiger partial charge in [-0.3, -0.25) is 4.57 Å². The number of nitrogens with one attached hydrogen (secondary N) is 2. The molecule has 0 amide bonds. The molecule has 4 rings (SSSR count). The summed E-state index contributed by atoms with van der Waals surface area (Å²) in [6.45, 7) is 0. The van der Waals surface area contributed by atoms with Crippen LogP contribution in [0.2, 0.25) is 0 Å². The van der Waals surface area contributed by atoms with Crippen molar-refractivity contribution in [1.82, 2.24) is 19.5 Å². The molecule has 0 saturated heterocycles. The van der Waals surface area contributed by atoms with Crippen molar-refractivity contribution in [3.8, 4) is 6.07 Å². The molecular weight excluding hydrogens is 266 g/mol. The number of hydrogen-bond acceptors (Lipinski definition) is 3. The van der Waals surface area contributed by atoms with E-state index in [4.69, 9.17) is 5.26 Å². The van der Waals surface area contributed by atoms with Crippen molar-refractivity contribution in [1.29, 1.82) is 5.26 Å². The lowest BCUT2D eigenvalue weighted by atomic mass is 9.86. The van der Waals surface area contributed by atoms with Crippen molar-refractivity contribution >= 4 is 22.1 Å². The van der Waals surface area contributed by atoms with Crippen molar-refractivity contribution in [2.24, 2.45) is 5.92 Å². The summed E-state index contributed by atoms with van der Waals surface area (Å²) in [5.41, 5.74) is 2.33. The smallest absolute Gasteiger partial charge is 0.326 e. The average Bonchev–Trinajstić information content (AvgIpc) is 3.09. The molecule has 1 aliphatic carbocycles. The Morgan fingerprint density at radius 3 is 3.19 bits per heavy atom. The number of imidazole rings is 1. The SMILES string of the molecule is N#C[C@H]1CCC[C@H](n2c(=O)[nH]c3cnc4[nH]ccc4c32)C1. The fourth-order valence-electron chi connectivity index (χ4n) is 3.49. The Morgan fingerprint density at radius 1 is 1.43 bits per heavy atom. The van der Waals surface area contributed by atoms with Crippen molar-refractivity contribution in [3.63, 3.8) is 0 Å². The lowest BCUT2D eigenvalue weighted by Crippen LogP contribution is -2.26. The fraction of sp³-hybridized carbons (Fsp3) is 0.400. The molecule has 2 atom stereocenters. The van der Waals surface area contributed by atoms with E-state index in [1.807, 2.05) is 16.8 Å². The Bertz CT molecular complexity index is 910. The summed E-state index contributed by atoms with van der Waals surface area (Å²) in [7, 11) is 0. The van der Waals surface area contributed by atoms with Gasteiger partial charge in [0.25, 0.3) is 0 Å². The minimum Gasteiger partial charge on any atom is -0.346 e. The topological polar surface area (TPSA) is 90.3 Å². The molecule has 0 aliphatic heterocycles. The summed E-state index contributed by atoms with van der Waals surface area (Å²) in [6, 6.07) is 4.38. The van der Waals surface area contributed by atoms with Crippen molar-refractivity contribution in [2.75, 3.05) is 0 Å². The van der Waals surface area contributed by atoms with Crippen LogP contribution in [-0.2, 0) is 0 Å². The maximum absolute atomic E-state index is 12.4. The van der Waals surface area contributed by atoms with Gasteiger partial charge in [0.05, 0.1) is 23.3 Å². The van der Waals surface area contributed by atoms with Crippen LogP contribution >= 0.6 is 0 Å². The molecule has 21 heavy (non-hydrogen) atoms. The van der Waals surface area contributed by atoms with Gasteiger partial charge in [0.2, 0.25) is 0 Å². The normalized spacial score (nSPS) is 22.6. The highest BCUT2D eigenvalue weighted by atomic mass is 16.1. The van der Waals surface area contributed by atoms with Gasteiger partial charge in [0, 0.05) is 23.5 Å². The first-order valence-electron chi connectivity index (χ1n) is 7.24. The Kier molecular flexibility index (Phi) is 2.61. The van der Waals surface area contributed by atoms with Crippen LogP contribution in [0.15, 0.2) is 23.3 Å². The third kappa shape index (κ3) is 1.77. The van der Waals surface area contributed by atoms with E-state index in [0.717, 1.165) is 47.8 Å². The maximum Gasteiger partial charge on any atom is 0.326 e. The number of fused-ring (bicyclic) bond motifs is 3. The molecule has 6 heteroatoms. The summed E-state index contributed by atoms with van der Waals surface area (Å²) in [5, 5.41) is 10.1. The van der Waals surface area contributed by atoms with Crippen LogP contribution in [-0.4, -0.2) is 19.5 Å². The highest BCUT2D eigenvalue weighted by Gasteiger charge is 2.26. The second-order valence-corrected chi connectivity index (χ2v) is 5.71. The van der Waals surface area contributed by atoms with Gasteiger partial charge in [-0.15, -0.1) is 0 Å². The van der Waals surface area contributed by atoms with E-state index >= 15 is 0 Å². The predicted octanol–water partition coefficient (Wildman–Crippen LogP) is 2.46. The molecule has 0 radical (unpaired) electrons. The van der Waals surface area contributed by atoms with Crippen molar-refractivity contribution in [3.05, 3.63) is 28.9 Å². The van der Waals surface area contributed by atoms with Crippen LogP contribution < -0.4 is 5.69 Å². The molecule has 0 aromatic carbocycles. The average molecular weight is 281 g/mol. The van der Waals surface area contributed by atoms with E-state index in [0.29, 0.717) is 0 Å². The summed E-state index contributed by atoms with van der Waals surface area (Å²) in [5.74, 6) is 0.0455. The number of aromatic nitrogens is 4. The molecule has 1 saturated carbocycles. The number of nitriles is 1. The summed E-state index contributed by atoms with van der Waals surface area (Å²) in [4.78, 5) is 22.7. The van der Waals surface area contributed by atoms with E-state index in [2.05, 4.69) is 21.0 Å². The van der Waals surface area contributed by atoms with Gasteiger partial charge < -0.3 is 9.97 Å². The molecule has 0 bridgehead atoms. The Balaban J connectivity index is 1.95. The minimum absolute atomic E-state index is 0.0455. The zero-order chi connectivity index (χ0) is 14.4. The van der Waals surface area contributed by atoms with Crippen LogP contribution in [0.3, 0.4) is 0 Å². The molecule has 1 fully saturated rings. The highest BCUT2D eigenvalue weighted by molar-refractivity contribution is 6.00. The molecule has 6 nitrogen and oxygen atoms in total. The Morgan fingerprint density at radius 2 is 2.33 bits per heavy atom.